The topological polar surface area (TPSA) is 56.0 Å². The summed E-state index contributed by atoms with van der Waals surface area (Å²) in [4.78, 5) is 12.7. The van der Waals surface area contributed by atoms with E-state index in [-0.39, 0.29) is 9.47 Å². The maximum atomic E-state index is 9.90. The van der Waals surface area contributed by atoms with Gasteiger partial charge in [-0.05, 0) is 11.3 Å². The Bertz CT molecular complexity index is 235. The van der Waals surface area contributed by atoms with Crippen LogP contribution in [0.1, 0.15) is 0 Å². The van der Waals surface area contributed by atoms with Gasteiger partial charge in [0.15, 0.2) is 10.7 Å². The smallest absolute Gasteiger partial charge is 0.257 e. The number of thiazole rings is 1. The molecule has 0 saturated heterocycles. The van der Waals surface area contributed by atoms with Crippen LogP contribution in [-0.2, 0) is 0 Å². The van der Waals surface area contributed by atoms with Crippen molar-refractivity contribution in [2.45, 2.75) is 0 Å². The van der Waals surface area contributed by atoms with Gasteiger partial charge < -0.3 is 0 Å². The first-order valence-corrected chi connectivity index (χ1v) is 3.08. The Kier molecular flexibility index (Phi) is 1.63. The molecule has 0 aliphatic carbocycles. The molecule has 6 heteroatoms. The van der Waals surface area contributed by atoms with Crippen LogP contribution in [0.25, 0.3) is 0 Å². The first-order valence-electron chi connectivity index (χ1n) is 1.88. The molecule has 0 aliphatic rings. The lowest BCUT2D eigenvalue weighted by atomic mass is 10.9. The van der Waals surface area contributed by atoms with Crippen LogP contribution >= 0.6 is 22.9 Å². The fourth-order valence-corrected chi connectivity index (χ4v) is 0.973. The molecule has 0 unspecified atom stereocenters. The van der Waals surface area contributed by atoms with E-state index >= 15 is 0 Å². The van der Waals surface area contributed by atoms with Gasteiger partial charge >= 0.3 is 5.00 Å². The molecule has 1 aromatic heterocycles. The molecule has 1 radical (unpaired) electrons. The third kappa shape index (κ3) is 1.36. The first kappa shape index (κ1) is 6.44. The van der Waals surface area contributed by atoms with Crippen LogP contribution in [0.3, 0.4) is 0 Å². The molecule has 0 fully saturated rings. The maximum Gasteiger partial charge on any atom is 0.355 e. The highest BCUT2D eigenvalue weighted by Crippen LogP contribution is 2.23. The van der Waals surface area contributed by atoms with E-state index in [1.54, 1.807) is 0 Å². The lowest BCUT2D eigenvalue weighted by molar-refractivity contribution is -0.380. The molecule has 1 rings (SSSR count). The highest BCUT2D eigenvalue weighted by atomic mass is 35.5. The molecule has 1 aromatic rings. The molecule has 0 bridgehead atoms. The van der Waals surface area contributed by atoms with E-state index in [1.165, 1.54) is 0 Å². The van der Waals surface area contributed by atoms with E-state index in [0.29, 0.717) is 0 Å². The molecule has 0 atom stereocenters. The summed E-state index contributed by atoms with van der Waals surface area (Å²) in [5.41, 5.74) is 0. The van der Waals surface area contributed by atoms with Crippen LogP contribution in [-0.4, -0.2) is 9.91 Å². The van der Waals surface area contributed by atoms with Gasteiger partial charge in [0.2, 0.25) is 0 Å². The van der Waals surface area contributed by atoms with Crippen LogP contribution in [0.4, 0.5) is 5.00 Å². The van der Waals surface area contributed by atoms with Gasteiger partial charge in [0.1, 0.15) is 0 Å². The molecule has 0 saturated carbocycles. The molecule has 0 aliphatic heterocycles. The van der Waals surface area contributed by atoms with Crippen LogP contribution in [0, 0.1) is 16.3 Å². The molecule has 0 aromatic carbocycles. The molecule has 0 spiro atoms. The minimum Gasteiger partial charge on any atom is -0.257 e. The monoisotopic (exact) mass is 163 g/mol. The number of hydrogen-bond donors (Lipinski definition) is 0. The summed E-state index contributed by atoms with van der Waals surface area (Å²) < 4.78 is 0.140. The van der Waals surface area contributed by atoms with Gasteiger partial charge in [-0.15, -0.1) is 0 Å². The second kappa shape index (κ2) is 2.28. The summed E-state index contributed by atoms with van der Waals surface area (Å²) in [5, 5.41) is 9.75. The number of nitro groups is 1. The minimum absolute atomic E-state index is 0.140. The standard InChI is InChI=1S/C3ClN2O2S/c4-3-5-1-2(9-3)6(7)8. The van der Waals surface area contributed by atoms with Crippen LogP contribution in [0.2, 0.25) is 4.47 Å². The molecule has 47 valence electrons. The zero-order valence-corrected chi connectivity index (χ0v) is 5.57. The van der Waals surface area contributed by atoms with Gasteiger partial charge in [-0.3, -0.25) is 10.1 Å². The van der Waals surface area contributed by atoms with E-state index in [4.69, 9.17) is 11.6 Å². The van der Waals surface area contributed by atoms with Gasteiger partial charge in [-0.25, -0.2) is 4.98 Å². The number of halogens is 1. The van der Waals surface area contributed by atoms with Crippen LogP contribution in [0.15, 0.2) is 0 Å². The first-order chi connectivity index (χ1) is 4.20. The van der Waals surface area contributed by atoms with Crippen molar-refractivity contribution in [3.63, 3.8) is 0 Å². The number of aromatic nitrogens is 1. The fourth-order valence-electron chi connectivity index (χ4n) is 0.295. The quantitative estimate of drug-likeness (QED) is 0.466. The van der Waals surface area contributed by atoms with Gasteiger partial charge in [-0.1, -0.05) is 11.6 Å². The molecule has 0 amide bonds. The Morgan fingerprint density at radius 2 is 2.56 bits per heavy atom. The van der Waals surface area contributed by atoms with Gasteiger partial charge in [0.25, 0.3) is 0 Å². The Morgan fingerprint density at radius 1 is 1.89 bits per heavy atom. The lowest BCUT2D eigenvalue weighted by Crippen LogP contribution is -1.81. The average molecular weight is 164 g/mol. The zero-order chi connectivity index (χ0) is 6.85. The van der Waals surface area contributed by atoms with Crippen molar-refractivity contribution >= 4 is 27.9 Å². The van der Waals surface area contributed by atoms with Crippen molar-refractivity contribution < 1.29 is 4.92 Å². The molecular weight excluding hydrogens is 164 g/mol. The number of rotatable bonds is 1. The third-order valence-electron chi connectivity index (χ3n) is 0.586. The van der Waals surface area contributed by atoms with Crippen molar-refractivity contribution in [3.05, 3.63) is 20.8 Å². The zero-order valence-electron chi connectivity index (χ0n) is 4.00. The molecular formula is C3ClN2O2S. The number of nitrogens with zero attached hydrogens (tertiary/aromatic N) is 2. The predicted octanol–water partition coefficient (Wildman–Crippen LogP) is 1.50. The summed E-state index contributed by atoms with van der Waals surface area (Å²) in [7, 11) is 0. The maximum absolute atomic E-state index is 9.90. The van der Waals surface area contributed by atoms with Crippen molar-refractivity contribution in [2.75, 3.05) is 0 Å². The highest BCUT2D eigenvalue weighted by Gasteiger charge is 2.09. The van der Waals surface area contributed by atoms with E-state index in [9.17, 15) is 10.1 Å². The van der Waals surface area contributed by atoms with Crippen molar-refractivity contribution in [2.24, 2.45) is 0 Å². The van der Waals surface area contributed by atoms with Crippen molar-refractivity contribution in [1.82, 2.24) is 4.98 Å². The largest absolute Gasteiger partial charge is 0.355 e. The Labute approximate surface area is 59.2 Å². The summed E-state index contributed by atoms with van der Waals surface area (Å²) >= 11 is 6.07. The van der Waals surface area contributed by atoms with E-state index in [0.717, 1.165) is 11.3 Å². The Morgan fingerprint density at radius 3 is 2.78 bits per heavy atom. The fraction of sp³-hybridized carbons (Fsp3) is 0. The molecule has 1 heterocycles. The SMILES string of the molecule is O=[N+]([O-])c1[c]nc(Cl)s1. The van der Waals surface area contributed by atoms with E-state index in [1.807, 2.05) is 0 Å². The second-order valence-electron chi connectivity index (χ2n) is 1.14. The molecule has 4 nitrogen and oxygen atoms in total. The van der Waals surface area contributed by atoms with E-state index in [2.05, 4.69) is 11.2 Å². The van der Waals surface area contributed by atoms with Crippen molar-refractivity contribution in [1.29, 1.82) is 0 Å². The van der Waals surface area contributed by atoms with Gasteiger partial charge in [0, 0.05) is 0 Å². The normalized spacial score (nSPS) is 9.44. The Hall–Kier alpha value is -0.680. The number of hydrogen-bond acceptors (Lipinski definition) is 4. The Balaban J connectivity index is 2.98. The van der Waals surface area contributed by atoms with Crippen LogP contribution < -0.4 is 0 Å². The molecule has 0 N–H and O–H groups in total. The minimum atomic E-state index is -0.580. The van der Waals surface area contributed by atoms with E-state index < -0.39 is 4.92 Å². The third-order valence-corrected chi connectivity index (χ3v) is 1.60. The lowest BCUT2D eigenvalue weighted by Gasteiger charge is -1.75. The summed E-state index contributed by atoms with van der Waals surface area (Å²) in [6, 6.07) is 0. The van der Waals surface area contributed by atoms with Gasteiger partial charge in [-0.2, -0.15) is 0 Å². The summed E-state index contributed by atoms with van der Waals surface area (Å²) in [5.74, 6) is 0. The molecule has 9 heavy (non-hydrogen) atoms. The predicted molar refractivity (Wildman–Crippen MR) is 32.6 cm³/mol. The summed E-state index contributed by atoms with van der Waals surface area (Å²) in [6.45, 7) is 0. The average Bonchev–Trinajstić information content (AvgIpc) is 2.14. The highest BCUT2D eigenvalue weighted by molar-refractivity contribution is 7.18. The van der Waals surface area contributed by atoms with Crippen molar-refractivity contribution in [3.8, 4) is 0 Å². The van der Waals surface area contributed by atoms with Gasteiger partial charge in [0.05, 0.1) is 4.92 Å². The summed E-state index contributed by atoms with van der Waals surface area (Å²) in [6.07, 6.45) is 2.14. The second-order valence-corrected chi connectivity index (χ2v) is 2.70. The van der Waals surface area contributed by atoms with Crippen LogP contribution in [0.5, 0.6) is 0 Å².